The van der Waals surface area contributed by atoms with Crippen molar-refractivity contribution < 1.29 is 9.59 Å². The van der Waals surface area contributed by atoms with Crippen LogP contribution in [0.5, 0.6) is 0 Å². The molecule has 3 nitrogen and oxygen atoms in total. The lowest BCUT2D eigenvalue weighted by Crippen LogP contribution is -2.22. The van der Waals surface area contributed by atoms with E-state index in [0.717, 1.165) is 0 Å². The van der Waals surface area contributed by atoms with Gasteiger partial charge < -0.3 is 0 Å². The van der Waals surface area contributed by atoms with E-state index < -0.39 is 0 Å². The summed E-state index contributed by atoms with van der Waals surface area (Å²) < 4.78 is 0. The molecular formula is C6H7NO2. The van der Waals surface area contributed by atoms with Gasteiger partial charge in [0.25, 0.3) is 0 Å². The van der Waals surface area contributed by atoms with E-state index in [-0.39, 0.29) is 24.2 Å². The summed E-state index contributed by atoms with van der Waals surface area (Å²) in [6.45, 7) is 1.69. The van der Waals surface area contributed by atoms with Crippen LogP contribution in [-0.4, -0.2) is 16.7 Å². The average Bonchev–Trinajstić information content (AvgIpc) is 1.98. The molecule has 2 amide bonds. The molecule has 0 N–H and O–H groups in total. The van der Waals surface area contributed by atoms with Gasteiger partial charge in [-0.25, -0.2) is 0 Å². The Labute approximate surface area is 53.6 Å². The van der Waals surface area contributed by atoms with Crippen molar-refractivity contribution in [2.24, 2.45) is 5.92 Å². The van der Waals surface area contributed by atoms with Crippen molar-refractivity contribution >= 4 is 11.8 Å². The first-order valence-electron chi connectivity index (χ1n) is 2.74. The summed E-state index contributed by atoms with van der Waals surface area (Å²) in [6, 6.07) is 0. The molecule has 0 aliphatic carbocycles. The normalized spacial score (nSPS) is 27.8. The zero-order valence-electron chi connectivity index (χ0n) is 5.13. The second kappa shape index (κ2) is 1.83. The SMILES string of the molecule is [CH]N1C(=O)CC(C)C1=O. The van der Waals surface area contributed by atoms with E-state index in [9.17, 15) is 9.59 Å². The van der Waals surface area contributed by atoms with Crippen molar-refractivity contribution in [1.29, 1.82) is 0 Å². The van der Waals surface area contributed by atoms with Crippen LogP contribution in [0.3, 0.4) is 0 Å². The molecule has 0 aromatic rings. The number of amides is 2. The fourth-order valence-corrected chi connectivity index (χ4v) is 0.808. The molecule has 1 aliphatic heterocycles. The first kappa shape index (κ1) is 6.26. The van der Waals surface area contributed by atoms with Crippen molar-refractivity contribution in [2.75, 3.05) is 0 Å². The van der Waals surface area contributed by atoms with E-state index in [1.54, 1.807) is 6.92 Å². The number of carbonyl (C=O) groups excluding carboxylic acids is 2. The lowest BCUT2D eigenvalue weighted by Gasteiger charge is -2.02. The summed E-state index contributed by atoms with van der Waals surface area (Å²) in [5.74, 6) is -0.782. The van der Waals surface area contributed by atoms with Crippen molar-refractivity contribution in [3.05, 3.63) is 7.05 Å². The first-order chi connectivity index (χ1) is 4.13. The third-order valence-electron chi connectivity index (χ3n) is 1.41. The van der Waals surface area contributed by atoms with E-state index in [0.29, 0.717) is 4.90 Å². The molecule has 0 aromatic heterocycles. The standard InChI is InChI=1S/C6H7NO2/c1-4-3-5(8)7(2)6(4)9/h2,4H,3H2,1H3. The number of carbonyl (C=O) groups is 2. The summed E-state index contributed by atoms with van der Waals surface area (Å²) in [6.07, 6.45) is 0.259. The zero-order chi connectivity index (χ0) is 7.02. The van der Waals surface area contributed by atoms with Gasteiger partial charge in [-0.3, -0.25) is 14.5 Å². The predicted octanol–water partition coefficient (Wildman–Crippen LogP) is 0.0500. The Balaban J connectivity index is 2.77. The largest absolute Gasteiger partial charge is 0.275 e. The van der Waals surface area contributed by atoms with Gasteiger partial charge in [0, 0.05) is 12.3 Å². The summed E-state index contributed by atoms with van der Waals surface area (Å²) in [7, 11) is 5.05. The molecule has 1 atom stereocenters. The van der Waals surface area contributed by atoms with Crippen molar-refractivity contribution in [3.8, 4) is 0 Å². The van der Waals surface area contributed by atoms with Crippen LogP contribution >= 0.6 is 0 Å². The van der Waals surface area contributed by atoms with Gasteiger partial charge in [0.05, 0.1) is 7.05 Å². The molecule has 2 radical (unpaired) electrons. The number of hydrogen-bond acceptors (Lipinski definition) is 2. The smallest absolute Gasteiger partial charge is 0.232 e. The van der Waals surface area contributed by atoms with Gasteiger partial charge in [0.1, 0.15) is 0 Å². The van der Waals surface area contributed by atoms with E-state index in [1.807, 2.05) is 0 Å². The Morgan fingerprint density at radius 3 is 2.33 bits per heavy atom. The van der Waals surface area contributed by atoms with E-state index >= 15 is 0 Å². The van der Waals surface area contributed by atoms with Crippen LogP contribution in [0.15, 0.2) is 0 Å². The molecule has 1 heterocycles. The second-order valence-corrected chi connectivity index (χ2v) is 2.21. The molecule has 1 aliphatic rings. The minimum atomic E-state index is -0.285. The zero-order valence-corrected chi connectivity index (χ0v) is 5.13. The summed E-state index contributed by atoms with van der Waals surface area (Å²) in [5, 5.41) is 0. The Kier molecular flexibility index (Phi) is 1.27. The van der Waals surface area contributed by atoms with Crippen molar-refractivity contribution in [2.45, 2.75) is 13.3 Å². The fraction of sp³-hybridized carbons (Fsp3) is 0.500. The van der Waals surface area contributed by atoms with Gasteiger partial charge >= 0.3 is 0 Å². The number of imide groups is 1. The van der Waals surface area contributed by atoms with Crippen molar-refractivity contribution in [1.82, 2.24) is 4.90 Å². The van der Waals surface area contributed by atoms with Crippen LogP contribution in [0, 0.1) is 13.0 Å². The average molecular weight is 125 g/mol. The van der Waals surface area contributed by atoms with Crippen LogP contribution in [0.4, 0.5) is 0 Å². The quantitative estimate of drug-likeness (QED) is 0.429. The van der Waals surface area contributed by atoms with Crippen LogP contribution < -0.4 is 0 Å². The molecule has 9 heavy (non-hydrogen) atoms. The molecule has 1 fully saturated rings. The topological polar surface area (TPSA) is 37.4 Å². The number of rotatable bonds is 0. The third kappa shape index (κ3) is 0.823. The Morgan fingerprint density at radius 2 is 2.22 bits per heavy atom. The highest BCUT2D eigenvalue weighted by Gasteiger charge is 2.32. The van der Waals surface area contributed by atoms with Crippen molar-refractivity contribution in [3.63, 3.8) is 0 Å². The van der Waals surface area contributed by atoms with Gasteiger partial charge in [-0.05, 0) is 0 Å². The van der Waals surface area contributed by atoms with Crippen LogP contribution in [0.25, 0.3) is 0 Å². The molecule has 1 saturated heterocycles. The summed E-state index contributed by atoms with van der Waals surface area (Å²) >= 11 is 0. The van der Waals surface area contributed by atoms with Crippen LogP contribution in [0.2, 0.25) is 0 Å². The molecular weight excluding hydrogens is 118 g/mol. The highest BCUT2D eigenvalue weighted by molar-refractivity contribution is 6.03. The molecule has 3 heteroatoms. The molecule has 0 aromatic carbocycles. The number of likely N-dealkylation sites (tertiary alicyclic amines) is 1. The third-order valence-corrected chi connectivity index (χ3v) is 1.41. The molecule has 1 unspecified atom stereocenters. The van der Waals surface area contributed by atoms with Gasteiger partial charge in [-0.2, -0.15) is 0 Å². The molecule has 0 spiro atoms. The van der Waals surface area contributed by atoms with Gasteiger partial charge in [0.2, 0.25) is 11.8 Å². The summed E-state index contributed by atoms with van der Waals surface area (Å²) in [4.78, 5) is 22.0. The minimum Gasteiger partial charge on any atom is -0.275 e. The van der Waals surface area contributed by atoms with Crippen LogP contribution in [0.1, 0.15) is 13.3 Å². The Bertz CT molecular complexity index is 164. The van der Waals surface area contributed by atoms with E-state index in [2.05, 4.69) is 0 Å². The lowest BCUT2D eigenvalue weighted by atomic mass is 10.1. The minimum absolute atomic E-state index is 0.220. The van der Waals surface area contributed by atoms with Crippen LogP contribution in [-0.2, 0) is 9.59 Å². The van der Waals surface area contributed by atoms with Gasteiger partial charge in [-0.1, -0.05) is 6.92 Å². The lowest BCUT2D eigenvalue weighted by molar-refractivity contribution is -0.136. The first-order valence-corrected chi connectivity index (χ1v) is 2.74. The van der Waals surface area contributed by atoms with E-state index in [1.165, 1.54) is 0 Å². The molecule has 0 bridgehead atoms. The Morgan fingerprint density at radius 1 is 1.67 bits per heavy atom. The fourth-order valence-electron chi connectivity index (χ4n) is 0.808. The Hall–Kier alpha value is -0.860. The van der Waals surface area contributed by atoms with Gasteiger partial charge in [0.15, 0.2) is 0 Å². The second-order valence-electron chi connectivity index (χ2n) is 2.21. The predicted molar refractivity (Wildman–Crippen MR) is 29.9 cm³/mol. The molecule has 1 rings (SSSR count). The number of nitrogens with zero attached hydrogens (tertiary/aromatic N) is 1. The molecule has 48 valence electrons. The maximum absolute atomic E-state index is 10.7. The highest BCUT2D eigenvalue weighted by atomic mass is 16.2. The maximum Gasteiger partial charge on any atom is 0.232 e. The maximum atomic E-state index is 10.7. The van der Waals surface area contributed by atoms with Gasteiger partial charge in [-0.15, -0.1) is 0 Å². The van der Waals surface area contributed by atoms with E-state index in [4.69, 9.17) is 7.05 Å². The highest BCUT2D eigenvalue weighted by Crippen LogP contribution is 2.16. The molecule has 0 saturated carbocycles. The monoisotopic (exact) mass is 125 g/mol. The summed E-state index contributed by atoms with van der Waals surface area (Å²) in [5.41, 5.74) is 0. The number of hydrogen-bond donors (Lipinski definition) is 0.